The van der Waals surface area contributed by atoms with Crippen molar-refractivity contribution in [1.29, 1.82) is 0 Å². The minimum absolute atomic E-state index is 0.122. The highest BCUT2D eigenvalue weighted by Gasteiger charge is 2.33. The molecule has 2 heterocycles. The van der Waals surface area contributed by atoms with Crippen molar-refractivity contribution in [1.82, 2.24) is 4.98 Å². The lowest BCUT2D eigenvalue weighted by Gasteiger charge is -2.28. The third-order valence-electron chi connectivity index (χ3n) is 4.74. The molecule has 1 saturated heterocycles. The van der Waals surface area contributed by atoms with E-state index in [1.54, 1.807) is 18.5 Å². The Labute approximate surface area is 134 Å². The molecule has 4 rings (SSSR count). The number of nitro groups is 1. The molecule has 1 aliphatic carbocycles. The van der Waals surface area contributed by atoms with Crippen LogP contribution in [0.2, 0.25) is 0 Å². The lowest BCUT2D eigenvalue weighted by Crippen LogP contribution is -2.32. The molecule has 0 spiro atoms. The van der Waals surface area contributed by atoms with Crippen molar-refractivity contribution in [2.45, 2.75) is 25.3 Å². The molecule has 0 N–H and O–H groups in total. The Morgan fingerprint density at radius 1 is 1.26 bits per heavy atom. The number of non-ortho nitro benzene ring substituents is 1. The third kappa shape index (κ3) is 2.74. The molecule has 1 aromatic heterocycles. The second-order valence-electron chi connectivity index (χ2n) is 6.40. The van der Waals surface area contributed by atoms with Gasteiger partial charge in [0, 0.05) is 54.6 Å². The zero-order chi connectivity index (χ0) is 15.8. The number of pyridine rings is 1. The summed E-state index contributed by atoms with van der Waals surface area (Å²) in [5.41, 5.74) is 1.21. The quantitative estimate of drug-likeness (QED) is 0.626. The Kier molecular flexibility index (Phi) is 3.61. The van der Waals surface area contributed by atoms with Gasteiger partial charge in [-0.2, -0.15) is 0 Å². The van der Waals surface area contributed by atoms with Gasteiger partial charge in [0.25, 0.3) is 5.69 Å². The van der Waals surface area contributed by atoms with E-state index in [9.17, 15) is 10.1 Å². The SMILES string of the molecule is O=[N+]([O-])c1ccc(N(C[C@H]2CCOC2)C2CC2)c2ccncc12. The minimum atomic E-state index is -0.333. The Balaban J connectivity index is 1.76. The molecule has 2 aliphatic rings. The van der Waals surface area contributed by atoms with Crippen molar-refractivity contribution in [2.24, 2.45) is 5.92 Å². The summed E-state index contributed by atoms with van der Waals surface area (Å²) in [6.45, 7) is 2.61. The highest BCUT2D eigenvalue weighted by molar-refractivity contribution is 5.99. The molecule has 1 aromatic carbocycles. The lowest BCUT2D eigenvalue weighted by atomic mass is 10.0. The van der Waals surface area contributed by atoms with Gasteiger partial charge in [-0.15, -0.1) is 0 Å². The summed E-state index contributed by atoms with van der Waals surface area (Å²) in [6.07, 6.45) is 6.78. The van der Waals surface area contributed by atoms with Gasteiger partial charge in [0.2, 0.25) is 0 Å². The van der Waals surface area contributed by atoms with Gasteiger partial charge in [0.1, 0.15) is 0 Å². The molecule has 0 unspecified atom stereocenters. The number of anilines is 1. The van der Waals surface area contributed by atoms with E-state index in [0.29, 0.717) is 17.3 Å². The second-order valence-corrected chi connectivity index (χ2v) is 6.40. The van der Waals surface area contributed by atoms with Gasteiger partial charge in [-0.1, -0.05) is 0 Å². The first-order chi connectivity index (χ1) is 11.2. The van der Waals surface area contributed by atoms with E-state index < -0.39 is 0 Å². The molecule has 23 heavy (non-hydrogen) atoms. The van der Waals surface area contributed by atoms with E-state index in [0.717, 1.165) is 37.3 Å². The van der Waals surface area contributed by atoms with Crippen LogP contribution in [-0.4, -0.2) is 35.7 Å². The fraction of sp³-hybridized carbons (Fsp3) is 0.471. The summed E-state index contributed by atoms with van der Waals surface area (Å²) in [5.74, 6) is 0.544. The maximum atomic E-state index is 11.3. The fourth-order valence-electron chi connectivity index (χ4n) is 3.40. The Morgan fingerprint density at radius 2 is 2.13 bits per heavy atom. The zero-order valence-electron chi connectivity index (χ0n) is 12.9. The van der Waals surface area contributed by atoms with Gasteiger partial charge < -0.3 is 9.64 Å². The van der Waals surface area contributed by atoms with Crippen molar-refractivity contribution in [3.05, 3.63) is 40.7 Å². The summed E-state index contributed by atoms with van der Waals surface area (Å²) in [7, 11) is 0. The maximum absolute atomic E-state index is 11.3. The predicted octanol–water partition coefficient (Wildman–Crippen LogP) is 3.15. The molecule has 2 fully saturated rings. The monoisotopic (exact) mass is 313 g/mol. The summed E-state index contributed by atoms with van der Waals surface area (Å²) in [6, 6.07) is 5.94. The van der Waals surface area contributed by atoms with Crippen LogP contribution >= 0.6 is 0 Å². The van der Waals surface area contributed by atoms with Crippen LogP contribution in [0.1, 0.15) is 19.3 Å². The van der Waals surface area contributed by atoms with E-state index >= 15 is 0 Å². The smallest absolute Gasteiger partial charge is 0.278 e. The number of rotatable bonds is 5. The lowest BCUT2D eigenvalue weighted by molar-refractivity contribution is -0.383. The van der Waals surface area contributed by atoms with Crippen molar-refractivity contribution >= 4 is 22.1 Å². The molecule has 0 amide bonds. The Morgan fingerprint density at radius 3 is 2.83 bits per heavy atom. The number of fused-ring (bicyclic) bond motifs is 1. The predicted molar refractivity (Wildman–Crippen MR) is 87.7 cm³/mol. The average molecular weight is 313 g/mol. The number of ether oxygens (including phenoxy) is 1. The normalized spacial score (nSPS) is 20.8. The summed E-state index contributed by atoms with van der Waals surface area (Å²) in [5, 5.41) is 12.8. The molecule has 6 heteroatoms. The van der Waals surface area contributed by atoms with Gasteiger partial charge in [0.05, 0.1) is 16.9 Å². The number of nitrogens with zero attached hydrogens (tertiary/aromatic N) is 3. The van der Waals surface area contributed by atoms with Gasteiger partial charge in [-0.25, -0.2) is 0 Å². The molecule has 1 atom stereocenters. The van der Waals surface area contributed by atoms with Crippen LogP contribution in [0.5, 0.6) is 0 Å². The summed E-state index contributed by atoms with van der Waals surface area (Å²) < 4.78 is 5.51. The van der Waals surface area contributed by atoms with Gasteiger partial charge >= 0.3 is 0 Å². The molecule has 2 aromatic rings. The van der Waals surface area contributed by atoms with Gasteiger partial charge in [-0.05, 0) is 31.4 Å². The molecular weight excluding hydrogens is 294 g/mol. The first kappa shape index (κ1) is 14.4. The standard InChI is InChI=1S/C17H19N3O3/c21-20(22)17-4-3-16(14-5-7-18-9-15(14)17)19(13-1-2-13)10-12-6-8-23-11-12/h3-5,7,9,12-13H,1-2,6,8,10-11H2/t12-/m1/s1. The molecule has 1 aliphatic heterocycles. The van der Waals surface area contributed by atoms with E-state index in [4.69, 9.17) is 4.74 Å². The van der Waals surface area contributed by atoms with Crippen LogP contribution in [0.25, 0.3) is 10.8 Å². The topological polar surface area (TPSA) is 68.5 Å². The summed E-state index contributed by atoms with van der Waals surface area (Å²) >= 11 is 0. The van der Waals surface area contributed by atoms with Crippen LogP contribution in [0.4, 0.5) is 11.4 Å². The third-order valence-corrected chi connectivity index (χ3v) is 4.74. The van der Waals surface area contributed by atoms with E-state index in [2.05, 4.69) is 9.88 Å². The van der Waals surface area contributed by atoms with Crippen molar-refractivity contribution in [3.8, 4) is 0 Å². The zero-order valence-corrected chi connectivity index (χ0v) is 12.9. The van der Waals surface area contributed by atoms with E-state index in [-0.39, 0.29) is 10.6 Å². The van der Waals surface area contributed by atoms with Crippen molar-refractivity contribution in [2.75, 3.05) is 24.7 Å². The molecule has 0 radical (unpaired) electrons. The number of hydrogen-bond donors (Lipinski definition) is 0. The molecular formula is C17H19N3O3. The maximum Gasteiger partial charge on any atom is 0.278 e. The van der Waals surface area contributed by atoms with Crippen LogP contribution < -0.4 is 4.90 Å². The van der Waals surface area contributed by atoms with Gasteiger partial charge in [-0.3, -0.25) is 15.1 Å². The molecule has 0 bridgehead atoms. The highest BCUT2D eigenvalue weighted by Crippen LogP contribution is 2.39. The van der Waals surface area contributed by atoms with Crippen LogP contribution in [0, 0.1) is 16.0 Å². The summed E-state index contributed by atoms with van der Waals surface area (Å²) in [4.78, 5) is 17.4. The number of hydrogen-bond acceptors (Lipinski definition) is 5. The van der Waals surface area contributed by atoms with Crippen LogP contribution in [0.3, 0.4) is 0 Å². The first-order valence-electron chi connectivity index (χ1n) is 8.09. The first-order valence-corrected chi connectivity index (χ1v) is 8.09. The Bertz CT molecular complexity index is 739. The number of aromatic nitrogens is 1. The molecule has 1 saturated carbocycles. The van der Waals surface area contributed by atoms with E-state index in [1.807, 2.05) is 12.1 Å². The highest BCUT2D eigenvalue weighted by atomic mass is 16.6. The minimum Gasteiger partial charge on any atom is -0.381 e. The van der Waals surface area contributed by atoms with Crippen molar-refractivity contribution in [3.63, 3.8) is 0 Å². The van der Waals surface area contributed by atoms with Crippen LogP contribution in [-0.2, 0) is 4.74 Å². The largest absolute Gasteiger partial charge is 0.381 e. The fourth-order valence-corrected chi connectivity index (χ4v) is 3.40. The average Bonchev–Trinajstić information content (AvgIpc) is 3.28. The Hall–Kier alpha value is -2.21. The second kappa shape index (κ2) is 5.77. The molecule has 120 valence electrons. The number of benzene rings is 1. The van der Waals surface area contributed by atoms with E-state index in [1.165, 1.54) is 12.8 Å². The van der Waals surface area contributed by atoms with Crippen LogP contribution in [0.15, 0.2) is 30.6 Å². The van der Waals surface area contributed by atoms with Crippen molar-refractivity contribution < 1.29 is 9.66 Å². The van der Waals surface area contributed by atoms with Gasteiger partial charge in [0.15, 0.2) is 0 Å². The number of nitro benzene ring substituents is 1. The molecule has 6 nitrogen and oxygen atoms in total.